The number of benzene rings is 2. The summed E-state index contributed by atoms with van der Waals surface area (Å²) in [7, 11) is 1.67. The van der Waals surface area contributed by atoms with Gasteiger partial charge in [0.15, 0.2) is 0 Å². The summed E-state index contributed by atoms with van der Waals surface area (Å²) in [6.45, 7) is 4.55. The van der Waals surface area contributed by atoms with Gasteiger partial charge in [0.25, 0.3) is 0 Å². The van der Waals surface area contributed by atoms with Gasteiger partial charge in [0, 0.05) is 24.5 Å². The number of nitrogens with zero attached hydrogens (tertiary/aromatic N) is 2. The number of aromatic nitrogens is 2. The molecule has 0 saturated carbocycles. The molecule has 1 atom stereocenters. The Balaban J connectivity index is 1.36. The Labute approximate surface area is 177 Å². The lowest BCUT2D eigenvalue weighted by molar-refractivity contribution is -0.121. The third-order valence-electron chi connectivity index (χ3n) is 5.58. The van der Waals surface area contributed by atoms with E-state index in [1.54, 1.807) is 7.11 Å². The number of methoxy groups -OCH3 is 1. The van der Waals surface area contributed by atoms with Crippen molar-refractivity contribution in [2.24, 2.45) is 5.92 Å². The first kappa shape index (κ1) is 20.2. The maximum atomic E-state index is 12.8. The summed E-state index contributed by atoms with van der Waals surface area (Å²) in [6, 6.07) is 18.0. The van der Waals surface area contributed by atoms with E-state index in [1.165, 1.54) is 0 Å². The fourth-order valence-electron chi connectivity index (χ4n) is 3.99. The van der Waals surface area contributed by atoms with Crippen LogP contribution in [0.15, 0.2) is 54.6 Å². The molecule has 6 heteroatoms. The number of aromatic amines is 1. The first-order chi connectivity index (χ1) is 14.6. The number of ether oxygens (including phenoxy) is 1. The molecule has 1 amide bonds. The topological polar surface area (TPSA) is 70.2 Å². The number of piperidine rings is 1. The molecule has 1 aliphatic rings. The SMILES string of the molecule is COc1cccc(-c2ccc(NC(=O)[C@H]3CCCN(Cc4cc(C)[nH]n4)C3)cc2)c1. The van der Waals surface area contributed by atoms with Gasteiger partial charge in [-0.05, 0) is 67.8 Å². The zero-order chi connectivity index (χ0) is 20.9. The molecule has 156 valence electrons. The lowest BCUT2D eigenvalue weighted by atomic mass is 9.96. The van der Waals surface area contributed by atoms with Gasteiger partial charge in [-0.3, -0.25) is 14.8 Å². The van der Waals surface area contributed by atoms with Crippen LogP contribution in [0.25, 0.3) is 11.1 Å². The summed E-state index contributed by atoms with van der Waals surface area (Å²) < 4.78 is 5.30. The van der Waals surface area contributed by atoms with Crippen LogP contribution in [-0.4, -0.2) is 41.2 Å². The van der Waals surface area contributed by atoms with Crippen LogP contribution in [0.3, 0.4) is 0 Å². The number of hydrogen-bond donors (Lipinski definition) is 2. The van der Waals surface area contributed by atoms with Crippen molar-refractivity contribution in [1.29, 1.82) is 0 Å². The average molecular weight is 405 g/mol. The second kappa shape index (κ2) is 9.13. The molecule has 30 heavy (non-hydrogen) atoms. The fraction of sp³-hybridized carbons (Fsp3) is 0.333. The minimum Gasteiger partial charge on any atom is -0.497 e. The molecular weight excluding hydrogens is 376 g/mol. The molecule has 2 aromatic carbocycles. The van der Waals surface area contributed by atoms with Gasteiger partial charge in [-0.25, -0.2) is 0 Å². The van der Waals surface area contributed by atoms with E-state index in [0.717, 1.165) is 66.4 Å². The van der Waals surface area contributed by atoms with Crippen LogP contribution in [0, 0.1) is 12.8 Å². The van der Waals surface area contributed by atoms with Crippen molar-refractivity contribution in [1.82, 2.24) is 15.1 Å². The van der Waals surface area contributed by atoms with E-state index in [9.17, 15) is 4.79 Å². The monoisotopic (exact) mass is 404 g/mol. The van der Waals surface area contributed by atoms with Gasteiger partial charge in [0.1, 0.15) is 5.75 Å². The van der Waals surface area contributed by atoms with E-state index in [1.807, 2.05) is 55.5 Å². The van der Waals surface area contributed by atoms with Gasteiger partial charge in [0.2, 0.25) is 5.91 Å². The second-order valence-electron chi connectivity index (χ2n) is 7.92. The van der Waals surface area contributed by atoms with Crippen LogP contribution in [0.1, 0.15) is 24.2 Å². The molecule has 4 rings (SSSR count). The number of likely N-dealkylation sites (tertiary alicyclic amines) is 1. The summed E-state index contributed by atoms with van der Waals surface area (Å²) in [5.74, 6) is 0.917. The fourth-order valence-corrected chi connectivity index (χ4v) is 3.99. The maximum absolute atomic E-state index is 12.8. The summed E-state index contributed by atoms with van der Waals surface area (Å²) in [5, 5.41) is 10.4. The molecule has 1 fully saturated rings. The van der Waals surface area contributed by atoms with Crippen molar-refractivity contribution in [3.05, 3.63) is 66.0 Å². The lowest BCUT2D eigenvalue weighted by Gasteiger charge is -2.31. The molecule has 0 bridgehead atoms. The summed E-state index contributed by atoms with van der Waals surface area (Å²) in [4.78, 5) is 15.1. The highest BCUT2D eigenvalue weighted by Crippen LogP contribution is 2.26. The van der Waals surface area contributed by atoms with Gasteiger partial charge in [-0.15, -0.1) is 0 Å². The summed E-state index contributed by atoms with van der Waals surface area (Å²) in [5.41, 5.74) is 5.09. The predicted molar refractivity (Wildman–Crippen MR) is 118 cm³/mol. The molecule has 6 nitrogen and oxygen atoms in total. The Morgan fingerprint density at radius 2 is 2.03 bits per heavy atom. The number of carbonyl (C=O) groups excluding carboxylic acids is 1. The van der Waals surface area contributed by atoms with Crippen LogP contribution in [0.2, 0.25) is 0 Å². The molecule has 0 unspecified atom stereocenters. The van der Waals surface area contributed by atoms with Crippen LogP contribution in [0.4, 0.5) is 5.69 Å². The number of amides is 1. The Morgan fingerprint density at radius 1 is 1.20 bits per heavy atom. The Hall–Kier alpha value is -3.12. The smallest absolute Gasteiger partial charge is 0.228 e. The number of carbonyl (C=O) groups is 1. The molecule has 2 N–H and O–H groups in total. The van der Waals surface area contributed by atoms with Gasteiger partial charge in [-0.1, -0.05) is 24.3 Å². The highest BCUT2D eigenvalue weighted by Gasteiger charge is 2.26. The van der Waals surface area contributed by atoms with E-state index in [0.29, 0.717) is 0 Å². The normalized spacial score (nSPS) is 16.9. The molecule has 0 aliphatic carbocycles. The third-order valence-corrected chi connectivity index (χ3v) is 5.58. The molecule has 2 heterocycles. The quantitative estimate of drug-likeness (QED) is 0.645. The number of H-pyrrole nitrogens is 1. The molecule has 0 radical (unpaired) electrons. The zero-order valence-corrected chi connectivity index (χ0v) is 17.5. The molecule has 1 saturated heterocycles. The highest BCUT2D eigenvalue weighted by atomic mass is 16.5. The molecule has 3 aromatic rings. The van der Waals surface area contributed by atoms with Gasteiger partial charge in [-0.2, -0.15) is 5.10 Å². The first-order valence-electron chi connectivity index (χ1n) is 10.4. The number of rotatable bonds is 6. The van der Waals surface area contributed by atoms with E-state index in [4.69, 9.17) is 4.74 Å². The van der Waals surface area contributed by atoms with Crippen LogP contribution < -0.4 is 10.1 Å². The van der Waals surface area contributed by atoms with E-state index < -0.39 is 0 Å². The Morgan fingerprint density at radius 3 is 2.77 bits per heavy atom. The summed E-state index contributed by atoms with van der Waals surface area (Å²) in [6.07, 6.45) is 1.94. The van der Waals surface area contributed by atoms with Crippen molar-refractivity contribution in [3.63, 3.8) is 0 Å². The van der Waals surface area contributed by atoms with Crippen molar-refractivity contribution in [3.8, 4) is 16.9 Å². The minimum atomic E-state index is -0.00292. The standard InChI is InChI=1S/C24H28N4O2/c1-17-13-22(27-26-17)16-28-12-4-6-20(15-28)24(29)25-21-10-8-18(9-11-21)19-5-3-7-23(14-19)30-2/h3,5,7-11,13-14,20H,4,6,12,15-16H2,1-2H3,(H,25,29)(H,26,27)/t20-/m0/s1. The largest absolute Gasteiger partial charge is 0.497 e. The maximum Gasteiger partial charge on any atom is 0.228 e. The highest BCUT2D eigenvalue weighted by molar-refractivity contribution is 5.93. The Bertz CT molecular complexity index is 996. The predicted octanol–water partition coefficient (Wildman–Crippen LogP) is 4.24. The number of anilines is 1. The molecular formula is C24H28N4O2. The van der Waals surface area contributed by atoms with Crippen molar-refractivity contribution >= 4 is 11.6 Å². The van der Waals surface area contributed by atoms with Crippen LogP contribution >= 0.6 is 0 Å². The zero-order valence-electron chi connectivity index (χ0n) is 17.5. The van der Waals surface area contributed by atoms with Crippen LogP contribution in [0.5, 0.6) is 5.75 Å². The van der Waals surface area contributed by atoms with Gasteiger partial charge < -0.3 is 10.1 Å². The van der Waals surface area contributed by atoms with E-state index in [2.05, 4.69) is 26.5 Å². The van der Waals surface area contributed by atoms with E-state index >= 15 is 0 Å². The number of aryl methyl sites for hydroxylation is 1. The first-order valence-corrected chi connectivity index (χ1v) is 10.4. The van der Waals surface area contributed by atoms with Crippen molar-refractivity contribution in [2.75, 3.05) is 25.5 Å². The van der Waals surface area contributed by atoms with Crippen molar-refractivity contribution in [2.45, 2.75) is 26.3 Å². The number of nitrogens with one attached hydrogen (secondary N) is 2. The second-order valence-corrected chi connectivity index (χ2v) is 7.92. The lowest BCUT2D eigenvalue weighted by Crippen LogP contribution is -2.40. The van der Waals surface area contributed by atoms with Crippen molar-refractivity contribution < 1.29 is 9.53 Å². The number of hydrogen-bond acceptors (Lipinski definition) is 4. The third kappa shape index (κ3) is 4.89. The Kier molecular flexibility index (Phi) is 6.14. The molecule has 0 spiro atoms. The van der Waals surface area contributed by atoms with Gasteiger partial charge >= 0.3 is 0 Å². The van der Waals surface area contributed by atoms with Gasteiger partial charge in [0.05, 0.1) is 18.7 Å². The molecule has 1 aromatic heterocycles. The van der Waals surface area contributed by atoms with Crippen LogP contribution in [-0.2, 0) is 11.3 Å². The molecule has 1 aliphatic heterocycles. The van der Waals surface area contributed by atoms with E-state index in [-0.39, 0.29) is 11.8 Å². The minimum absolute atomic E-state index is 0.00292. The average Bonchev–Trinajstić information content (AvgIpc) is 3.19. The summed E-state index contributed by atoms with van der Waals surface area (Å²) >= 11 is 0.